The molecule has 0 spiro atoms. The Morgan fingerprint density at radius 2 is 2.19 bits per heavy atom. The van der Waals surface area contributed by atoms with Crippen molar-refractivity contribution in [3.63, 3.8) is 0 Å². The van der Waals surface area contributed by atoms with E-state index in [1.165, 1.54) is 11.6 Å². The number of anilines is 1. The zero-order chi connectivity index (χ0) is 14.8. The second-order valence-electron chi connectivity index (χ2n) is 5.28. The summed E-state index contributed by atoms with van der Waals surface area (Å²) in [5.41, 5.74) is 4.47. The molecule has 0 fully saturated rings. The minimum Gasteiger partial charge on any atom is -0.380 e. The van der Waals surface area contributed by atoms with E-state index in [0.29, 0.717) is 6.61 Å². The minimum atomic E-state index is -0.156. The molecule has 2 aromatic carbocycles. The Bertz CT molecular complexity index is 659. The van der Waals surface area contributed by atoms with E-state index in [4.69, 9.17) is 4.74 Å². The zero-order valence-electron chi connectivity index (χ0n) is 11.8. The number of ether oxygens (including phenoxy) is 1. The summed E-state index contributed by atoms with van der Waals surface area (Å²) in [6.07, 6.45) is 1.90. The molecule has 1 unspecified atom stereocenters. The van der Waals surface area contributed by atoms with Gasteiger partial charge in [-0.15, -0.1) is 0 Å². The van der Waals surface area contributed by atoms with Crippen molar-refractivity contribution in [3.8, 4) is 0 Å². The van der Waals surface area contributed by atoms with Gasteiger partial charge in [0, 0.05) is 22.8 Å². The van der Waals surface area contributed by atoms with Gasteiger partial charge in [0.25, 0.3) is 0 Å². The molecule has 2 aromatic rings. The van der Waals surface area contributed by atoms with Gasteiger partial charge in [0.2, 0.25) is 0 Å². The first-order valence-corrected chi connectivity index (χ1v) is 7.79. The van der Waals surface area contributed by atoms with Crippen molar-refractivity contribution in [3.05, 3.63) is 63.4 Å². The molecular weight excluding hydrogens is 333 g/mol. The summed E-state index contributed by atoms with van der Waals surface area (Å²) >= 11 is 3.57. The number of hydrogen-bond acceptors (Lipinski definition) is 2. The van der Waals surface area contributed by atoms with Gasteiger partial charge in [-0.3, -0.25) is 0 Å². The number of fused-ring (bicyclic) bond motifs is 1. The van der Waals surface area contributed by atoms with Crippen molar-refractivity contribution in [1.29, 1.82) is 0 Å². The Hall–Kier alpha value is -1.39. The Labute approximate surface area is 132 Å². The molecule has 0 aliphatic heterocycles. The fraction of sp³-hybridized carbons (Fsp3) is 0.294. The second-order valence-corrected chi connectivity index (χ2v) is 6.13. The standard InChI is InChI=1S/C17H17BrFNO/c1-21-10-14-15(18)3-2-4-16(14)20-17-8-5-11-9-12(19)6-7-13(11)17/h2-4,6-7,9,17,20H,5,8,10H2,1H3. The average Bonchev–Trinajstić information content (AvgIpc) is 2.85. The van der Waals surface area contributed by atoms with Gasteiger partial charge in [0.1, 0.15) is 5.82 Å². The molecule has 21 heavy (non-hydrogen) atoms. The van der Waals surface area contributed by atoms with Crippen LogP contribution in [0.5, 0.6) is 0 Å². The van der Waals surface area contributed by atoms with Crippen LogP contribution in [0.4, 0.5) is 10.1 Å². The van der Waals surface area contributed by atoms with Crippen molar-refractivity contribution in [2.75, 3.05) is 12.4 Å². The first kappa shape index (κ1) is 14.5. The van der Waals surface area contributed by atoms with Crippen LogP contribution in [0, 0.1) is 5.82 Å². The Morgan fingerprint density at radius 1 is 1.33 bits per heavy atom. The van der Waals surface area contributed by atoms with Gasteiger partial charge in [-0.2, -0.15) is 0 Å². The summed E-state index contributed by atoms with van der Waals surface area (Å²) in [6.45, 7) is 0.548. The van der Waals surface area contributed by atoms with E-state index in [2.05, 4.69) is 27.3 Å². The van der Waals surface area contributed by atoms with Crippen LogP contribution in [0.2, 0.25) is 0 Å². The van der Waals surface area contributed by atoms with Crippen LogP contribution < -0.4 is 5.32 Å². The molecule has 3 rings (SSSR count). The van der Waals surface area contributed by atoms with Crippen LogP contribution in [0.3, 0.4) is 0 Å². The third kappa shape index (κ3) is 2.97. The lowest BCUT2D eigenvalue weighted by molar-refractivity contribution is 0.185. The zero-order valence-corrected chi connectivity index (χ0v) is 13.4. The Kier molecular flexibility index (Phi) is 4.27. The van der Waals surface area contributed by atoms with E-state index in [-0.39, 0.29) is 11.9 Å². The number of hydrogen-bond donors (Lipinski definition) is 1. The number of methoxy groups -OCH3 is 1. The van der Waals surface area contributed by atoms with Crippen molar-refractivity contribution in [2.24, 2.45) is 0 Å². The lowest BCUT2D eigenvalue weighted by Crippen LogP contribution is -2.09. The summed E-state index contributed by atoms with van der Waals surface area (Å²) in [7, 11) is 1.69. The van der Waals surface area contributed by atoms with Crippen molar-refractivity contribution >= 4 is 21.6 Å². The highest BCUT2D eigenvalue weighted by molar-refractivity contribution is 9.10. The predicted octanol–water partition coefficient (Wildman–Crippen LogP) is 4.83. The van der Waals surface area contributed by atoms with E-state index >= 15 is 0 Å². The highest BCUT2D eigenvalue weighted by Crippen LogP contribution is 2.36. The maximum Gasteiger partial charge on any atom is 0.123 e. The van der Waals surface area contributed by atoms with Crippen molar-refractivity contribution in [2.45, 2.75) is 25.5 Å². The summed E-state index contributed by atoms with van der Waals surface area (Å²) in [5.74, 6) is -0.156. The van der Waals surface area contributed by atoms with Crippen molar-refractivity contribution in [1.82, 2.24) is 0 Å². The molecule has 1 N–H and O–H groups in total. The Balaban J connectivity index is 1.88. The first-order valence-electron chi connectivity index (χ1n) is 7.00. The van der Waals surface area contributed by atoms with Crippen LogP contribution >= 0.6 is 15.9 Å². The fourth-order valence-electron chi connectivity index (χ4n) is 2.91. The number of aryl methyl sites for hydroxylation is 1. The maximum absolute atomic E-state index is 13.3. The fourth-order valence-corrected chi connectivity index (χ4v) is 3.39. The molecular formula is C17H17BrFNO. The molecule has 0 bridgehead atoms. The number of nitrogens with one attached hydrogen (secondary N) is 1. The summed E-state index contributed by atoms with van der Waals surface area (Å²) in [5, 5.41) is 3.58. The summed E-state index contributed by atoms with van der Waals surface area (Å²) < 4.78 is 19.6. The molecule has 0 amide bonds. The van der Waals surface area contributed by atoms with Gasteiger partial charge in [0.05, 0.1) is 12.6 Å². The third-order valence-electron chi connectivity index (χ3n) is 3.92. The van der Waals surface area contributed by atoms with Crippen molar-refractivity contribution < 1.29 is 9.13 Å². The van der Waals surface area contributed by atoms with E-state index in [0.717, 1.165) is 34.1 Å². The summed E-state index contributed by atoms with van der Waals surface area (Å²) in [6, 6.07) is 11.4. The average molecular weight is 350 g/mol. The van der Waals surface area contributed by atoms with E-state index in [9.17, 15) is 4.39 Å². The molecule has 0 radical (unpaired) electrons. The smallest absolute Gasteiger partial charge is 0.123 e. The lowest BCUT2D eigenvalue weighted by atomic mass is 10.1. The molecule has 0 saturated heterocycles. The molecule has 110 valence electrons. The summed E-state index contributed by atoms with van der Waals surface area (Å²) in [4.78, 5) is 0. The van der Waals surface area contributed by atoms with Gasteiger partial charge in [-0.05, 0) is 48.2 Å². The predicted molar refractivity (Wildman–Crippen MR) is 85.9 cm³/mol. The normalized spacial score (nSPS) is 16.8. The molecule has 0 aromatic heterocycles. The van der Waals surface area contributed by atoms with E-state index in [1.54, 1.807) is 13.2 Å². The molecule has 1 atom stereocenters. The van der Waals surface area contributed by atoms with Gasteiger partial charge >= 0.3 is 0 Å². The topological polar surface area (TPSA) is 21.3 Å². The third-order valence-corrected chi connectivity index (χ3v) is 4.66. The molecule has 2 nitrogen and oxygen atoms in total. The highest BCUT2D eigenvalue weighted by atomic mass is 79.9. The Morgan fingerprint density at radius 3 is 3.00 bits per heavy atom. The van der Waals surface area contributed by atoms with E-state index < -0.39 is 0 Å². The van der Waals surface area contributed by atoms with Gasteiger partial charge in [0.15, 0.2) is 0 Å². The molecule has 4 heteroatoms. The number of benzene rings is 2. The molecule has 1 aliphatic carbocycles. The molecule has 0 heterocycles. The second kappa shape index (κ2) is 6.16. The first-order chi connectivity index (χ1) is 10.2. The quantitative estimate of drug-likeness (QED) is 0.853. The minimum absolute atomic E-state index is 0.156. The largest absolute Gasteiger partial charge is 0.380 e. The van der Waals surface area contributed by atoms with Crippen LogP contribution in [0.1, 0.15) is 29.2 Å². The monoisotopic (exact) mass is 349 g/mol. The van der Waals surface area contributed by atoms with Crippen LogP contribution in [-0.2, 0) is 17.8 Å². The van der Waals surface area contributed by atoms with Gasteiger partial charge in [-0.25, -0.2) is 4.39 Å². The van der Waals surface area contributed by atoms with Crippen LogP contribution in [0.25, 0.3) is 0 Å². The molecule has 1 aliphatic rings. The van der Waals surface area contributed by atoms with Crippen LogP contribution in [0.15, 0.2) is 40.9 Å². The van der Waals surface area contributed by atoms with Gasteiger partial charge in [-0.1, -0.05) is 28.1 Å². The number of halogens is 2. The van der Waals surface area contributed by atoms with E-state index in [1.807, 2.05) is 18.2 Å². The lowest BCUT2D eigenvalue weighted by Gasteiger charge is -2.19. The molecule has 0 saturated carbocycles. The number of rotatable bonds is 4. The van der Waals surface area contributed by atoms with Crippen LogP contribution in [-0.4, -0.2) is 7.11 Å². The highest BCUT2D eigenvalue weighted by Gasteiger charge is 2.23. The maximum atomic E-state index is 13.3. The van der Waals surface area contributed by atoms with Gasteiger partial charge < -0.3 is 10.1 Å². The SMILES string of the molecule is COCc1c(Br)cccc1NC1CCc2cc(F)ccc21.